The molecule has 2 saturated heterocycles. The van der Waals surface area contributed by atoms with Gasteiger partial charge in [-0.15, -0.1) is 0 Å². The van der Waals surface area contributed by atoms with Crippen LogP contribution in [-0.2, 0) is 10.0 Å². The Labute approximate surface area is 154 Å². The van der Waals surface area contributed by atoms with Crippen molar-refractivity contribution in [3.05, 3.63) is 28.3 Å². The monoisotopic (exact) mass is 382 g/mol. The highest BCUT2D eigenvalue weighted by Crippen LogP contribution is 2.33. The summed E-state index contributed by atoms with van der Waals surface area (Å²) < 4.78 is 27.7. The highest BCUT2D eigenvalue weighted by atomic mass is 32.2. The van der Waals surface area contributed by atoms with Crippen LogP contribution in [-0.4, -0.2) is 68.4 Å². The molecule has 144 valence electrons. The number of benzene rings is 1. The van der Waals surface area contributed by atoms with Crippen LogP contribution in [0.15, 0.2) is 23.1 Å². The second-order valence-electron chi connectivity index (χ2n) is 6.85. The zero-order chi connectivity index (χ0) is 18.7. The van der Waals surface area contributed by atoms with Gasteiger partial charge in [0.25, 0.3) is 5.69 Å². The Morgan fingerprint density at radius 1 is 1.08 bits per heavy atom. The van der Waals surface area contributed by atoms with Gasteiger partial charge in [0.2, 0.25) is 10.0 Å². The van der Waals surface area contributed by atoms with Crippen LogP contribution in [0.25, 0.3) is 0 Å². The Kier molecular flexibility index (Phi) is 5.79. The van der Waals surface area contributed by atoms with Crippen molar-refractivity contribution in [2.45, 2.75) is 31.1 Å². The fraction of sp³-hybridized carbons (Fsp3) is 0.647. The summed E-state index contributed by atoms with van der Waals surface area (Å²) in [6.45, 7) is 7.32. The maximum Gasteiger partial charge on any atom is 0.270 e. The summed E-state index contributed by atoms with van der Waals surface area (Å²) in [7, 11) is -3.72. The predicted molar refractivity (Wildman–Crippen MR) is 100 cm³/mol. The first kappa shape index (κ1) is 19.1. The fourth-order valence-corrected chi connectivity index (χ4v) is 5.43. The fourth-order valence-electron chi connectivity index (χ4n) is 3.68. The lowest BCUT2D eigenvalue weighted by Gasteiger charge is -2.37. The molecule has 3 rings (SSSR count). The number of nitro benzene ring substituents is 1. The molecule has 0 radical (unpaired) electrons. The molecule has 0 aromatic heterocycles. The zero-order valence-corrected chi connectivity index (χ0v) is 15.9. The van der Waals surface area contributed by atoms with Crippen LogP contribution in [0.4, 0.5) is 11.4 Å². The van der Waals surface area contributed by atoms with Gasteiger partial charge in [-0.1, -0.05) is 6.92 Å². The predicted octanol–water partition coefficient (Wildman–Crippen LogP) is 1.91. The second kappa shape index (κ2) is 7.89. The third kappa shape index (κ3) is 3.84. The van der Waals surface area contributed by atoms with Crippen LogP contribution < -0.4 is 4.90 Å². The number of sulfonamides is 1. The van der Waals surface area contributed by atoms with E-state index in [-0.39, 0.29) is 10.6 Å². The molecule has 1 aromatic rings. The maximum atomic E-state index is 13.1. The molecule has 0 saturated carbocycles. The van der Waals surface area contributed by atoms with E-state index >= 15 is 0 Å². The number of anilines is 1. The lowest BCUT2D eigenvalue weighted by atomic mass is 10.2. The summed E-state index contributed by atoms with van der Waals surface area (Å²) in [6.07, 6.45) is 2.75. The first-order valence-corrected chi connectivity index (χ1v) is 10.6. The quantitative estimate of drug-likeness (QED) is 0.552. The van der Waals surface area contributed by atoms with Crippen molar-refractivity contribution in [1.82, 2.24) is 9.21 Å². The Morgan fingerprint density at radius 3 is 2.31 bits per heavy atom. The standard InChI is InChI=1S/C17H26N4O4S/c1-2-7-18-10-12-19(13-11-18)16-6-5-15(21(22)23)14-17(16)26(24,25)20-8-3-4-9-20/h5-6,14H,2-4,7-13H2,1H3. The van der Waals surface area contributed by atoms with Crippen LogP contribution in [0.2, 0.25) is 0 Å². The summed E-state index contributed by atoms with van der Waals surface area (Å²) in [5.74, 6) is 0. The van der Waals surface area contributed by atoms with Crippen molar-refractivity contribution in [2.24, 2.45) is 0 Å². The number of non-ortho nitro benzene ring substituents is 1. The van der Waals surface area contributed by atoms with Crippen molar-refractivity contribution < 1.29 is 13.3 Å². The van der Waals surface area contributed by atoms with Crippen LogP contribution >= 0.6 is 0 Å². The Hall–Kier alpha value is -1.71. The lowest BCUT2D eigenvalue weighted by molar-refractivity contribution is -0.385. The SMILES string of the molecule is CCCN1CCN(c2ccc([N+](=O)[O-])cc2S(=O)(=O)N2CCCC2)CC1. The third-order valence-corrected chi connectivity index (χ3v) is 7.02. The number of rotatable bonds is 6. The van der Waals surface area contributed by atoms with Gasteiger partial charge in [0.1, 0.15) is 4.90 Å². The van der Waals surface area contributed by atoms with E-state index in [2.05, 4.69) is 11.8 Å². The molecular weight excluding hydrogens is 356 g/mol. The highest BCUT2D eigenvalue weighted by molar-refractivity contribution is 7.89. The summed E-state index contributed by atoms with van der Waals surface area (Å²) in [6, 6.07) is 4.22. The number of nitro groups is 1. The van der Waals surface area contributed by atoms with E-state index in [1.165, 1.54) is 16.4 Å². The zero-order valence-electron chi connectivity index (χ0n) is 15.1. The summed E-state index contributed by atoms with van der Waals surface area (Å²) in [5.41, 5.74) is 0.398. The molecule has 2 aliphatic heterocycles. The molecule has 2 fully saturated rings. The van der Waals surface area contributed by atoms with Gasteiger partial charge in [0, 0.05) is 51.4 Å². The van der Waals surface area contributed by atoms with E-state index in [9.17, 15) is 18.5 Å². The van der Waals surface area contributed by atoms with Crippen LogP contribution in [0.1, 0.15) is 26.2 Å². The van der Waals surface area contributed by atoms with Gasteiger partial charge in [-0.05, 0) is 31.9 Å². The Balaban J connectivity index is 1.93. The minimum Gasteiger partial charge on any atom is -0.368 e. The topological polar surface area (TPSA) is 87.0 Å². The Bertz CT molecular complexity index is 754. The van der Waals surface area contributed by atoms with E-state index in [1.54, 1.807) is 6.07 Å². The molecule has 0 spiro atoms. The largest absolute Gasteiger partial charge is 0.368 e. The van der Waals surface area contributed by atoms with Crippen molar-refractivity contribution in [3.8, 4) is 0 Å². The lowest BCUT2D eigenvalue weighted by Crippen LogP contribution is -2.47. The van der Waals surface area contributed by atoms with E-state index in [0.717, 1.165) is 52.0 Å². The number of hydrogen-bond acceptors (Lipinski definition) is 6. The second-order valence-corrected chi connectivity index (χ2v) is 8.76. The van der Waals surface area contributed by atoms with Crippen LogP contribution in [0.3, 0.4) is 0 Å². The molecule has 0 unspecified atom stereocenters. The molecule has 0 N–H and O–H groups in total. The molecule has 1 aromatic carbocycles. The molecule has 2 aliphatic rings. The molecule has 0 bridgehead atoms. The normalized spacial score (nSPS) is 19.8. The van der Waals surface area contributed by atoms with Gasteiger partial charge in [-0.25, -0.2) is 8.42 Å². The summed E-state index contributed by atoms with van der Waals surface area (Å²) >= 11 is 0. The van der Waals surface area contributed by atoms with E-state index in [4.69, 9.17) is 0 Å². The smallest absolute Gasteiger partial charge is 0.270 e. The van der Waals surface area contributed by atoms with E-state index < -0.39 is 14.9 Å². The minimum atomic E-state index is -3.72. The first-order valence-electron chi connectivity index (χ1n) is 9.19. The van der Waals surface area contributed by atoms with E-state index in [0.29, 0.717) is 18.8 Å². The molecule has 9 heteroatoms. The van der Waals surface area contributed by atoms with Gasteiger partial charge in [-0.3, -0.25) is 15.0 Å². The number of hydrogen-bond donors (Lipinski definition) is 0. The Morgan fingerprint density at radius 2 is 1.73 bits per heavy atom. The van der Waals surface area contributed by atoms with Crippen molar-refractivity contribution in [3.63, 3.8) is 0 Å². The van der Waals surface area contributed by atoms with Gasteiger partial charge in [0.05, 0.1) is 10.6 Å². The van der Waals surface area contributed by atoms with Crippen molar-refractivity contribution >= 4 is 21.4 Å². The van der Waals surface area contributed by atoms with Crippen molar-refractivity contribution in [2.75, 3.05) is 50.7 Å². The average Bonchev–Trinajstić information content (AvgIpc) is 3.18. The van der Waals surface area contributed by atoms with Crippen LogP contribution in [0.5, 0.6) is 0 Å². The molecule has 0 aliphatic carbocycles. The highest BCUT2D eigenvalue weighted by Gasteiger charge is 2.33. The molecular formula is C17H26N4O4S. The summed E-state index contributed by atoms with van der Waals surface area (Å²) in [5, 5.41) is 11.2. The molecule has 26 heavy (non-hydrogen) atoms. The maximum absolute atomic E-state index is 13.1. The molecule has 0 atom stereocenters. The first-order chi connectivity index (χ1) is 12.4. The van der Waals surface area contributed by atoms with Crippen LogP contribution in [0, 0.1) is 10.1 Å². The molecule has 2 heterocycles. The average molecular weight is 382 g/mol. The molecule has 0 amide bonds. The number of nitrogens with zero attached hydrogens (tertiary/aromatic N) is 4. The summed E-state index contributed by atoms with van der Waals surface area (Å²) in [4.78, 5) is 15.1. The van der Waals surface area contributed by atoms with E-state index in [1.807, 2.05) is 4.90 Å². The van der Waals surface area contributed by atoms with Crippen molar-refractivity contribution in [1.29, 1.82) is 0 Å². The van der Waals surface area contributed by atoms with Gasteiger partial charge in [0.15, 0.2) is 0 Å². The van der Waals surface area contributed by atoms with Gasteiger partial charge >= 0.3 is 0 Å². The number of piperazine rings is 1. The third-order valence-electron chi connectivity index (χ3n) is 5.09. The minimum absolute atomic E-state index is 0.0672. The molecule has 8 nitrogen and oxygen atoms in total. The van der Waals surface area contributed by atoms with Gasteiger partial charge in [-0.2, -0.15) is 4.31 Å². The van der Waals surface area contributed by atoms with Gasteiger partial charge < -0.3 is 4.90 Å².